The molecule has 0 atom stereocenters. The van der Waals surface area contributed by atoms with Crippen LogP contribution in [-0.4, -0.2) is 37.5 Å². The predicted molar refractivity (Wildman–Crippen MR) is 75.5 cm³/mol. The molecule has 5 heteroatoms. The van der Waals surface area contributed by atoms with Gasteiger partial charge in [-0.1, -0.05) is 0 Å². The fourth-order valence-electron chi connectivity index (χ4n) is 2.05. The first-order valence-corrected chi connectivity index (χ1v) is 6.50. The highest BCUT2D eigenvalue weighted by Crippen LogP contribution is 2.20. The van der Waals surface area contributed by atoms with E-state index in [2.05, 4.69) is 0 Å². The van der Waals surface area contributed by atoms with Crippen LogP contribution in [0.15, 0.2) is 18.2 Å². The topological polar surface area (TPSA) is 49.6 Å². The molecular weight excluding hydrogens is 245 g/mol. The zero-order valence-corrected chi connectivity index (χ0v) is 11.8. The SMILES string of the molecule is CCN(CC)C(=O)CN(C)c1ccc(F)cc1CN. The molecule has 1 aromatic carbocycles. The molecule has 1 amide bonds. The number of amides is 1. The normalized spacial score (nSPS) is 10.4. The molecule has 0 aliphatic carbocycles. The molecule has 1 aromatic rings. The number of halogens is 1. The third-order valence-corrected chi connectivity index (χ3v) is 3.16. The summed E-state index contributed by atoms with van der Waals surface area (Å²) < 4.78 is 13.1. The summed E-state index contributed by atoms with van der Waals surface area (Å²) in [4.78, 5) is 15.6. The molecule has 0 unspecified atom stereocenters. The smallest absolute Gasteiger partial charge is 0.242 e. The zero-order valence-electron chi connectivity index (χ0n) is 11.8. The number of rotatable bonds is 6. The van der Waals surface area contributed by atoms with Crippen LogP contribution in [0, 0.1) is 5.82 Å². The van der Waals surface area contributed by atoms with Crippen LogP contribution >= 0.6 is 0 Å². The first-order valence-electron chi connectivity index (χ1n) is 6.50. The highest BCUT2D eigenvalue weighted by Gasteiger charge is 2.14. The van der Waals surface area contributed by atoms with Crippen molar-refractivity contribution < 1.29 is 9.18 Å². The number of hydrogen-bond acceptors (Lipinski definition) is 3. The van der Waals surface area contributed by atoms with Crippen LogP contribution in [0.4, 0.5) is 10.1 Å². The number of nitrogens with zero attached hydrogens (tertiary/aromatic N) is 2. The lowest BCUT2D eigenvalue weighted by molar-refractivity contribution is -0.129. The number of likely N-dealkylation sites (N-methyl/N-ethyl adjacent to an activating group) is 2. The molecule has 19 heavy (non-hydrogen) atoms. The van der Waals surface area contributed by atoms with Crippen molar-refractivity contribution in [3.05, 3.63) is 29.6 Å². The fraction of sp³-hybridized carbons (Fsp3) is 0.500. The molecule has 0 heterocycles. The van der Waals surface area contributed by atoms with Crippen LogP contribution < -0.4 is 10.6 Å². The monoisotopic (exact) mass is 267 g/mol. The molecule has 0 radical (unpaired) electrons. The Morgan fingerprint density at radius 3 is 2.47 bits per heavy atom. The third kappa shape index (κ3) is 3.92. The van der Waals surface area contributed by atoms with Crippen LogP contribution in [0.2, 0.25) is 0 Å². The summed E-state index contributed by atoms with van der Waals surface area (Å²) in [7, 11) is 1.81. The molecule has 4 nitrogen and oxygen atoms in total. The van der Waals surface area contributed by atoms with Crippen LogP contribution in [-0.2, 0) is 11.3 Å². The molecule has 0 aromatic heterocycles. The van der Waals surface area contributed by atoms with Gasteiger partial charge in [-0.2, -0.15) is 0 Å². The Labute approximate surface area is 114 Å². The Hall–Kier alpha value is -1.62. The van der Waals surface area contributed by atoms with E-state index in [1.807, 2.05) is 25.8 Å². The van der Waals surface area contributed by atoms with Gasteiger partial charge in [0, 0.05) is 32.4 Å². The van der Waals surface area contributed by atoms with Gasteiger partial charge in [0.25, 0.3) is 0 Å². The molecule has 2 N–H and O–H groups in total. The fourth-order valence-corrected chi connectivity index (χ4v) is 2.05. The Morgan fingerprint density at radius 2 is 1.95 bits per heavy atom. The standard InChI is InChI=1S/C14H22FN3O/c1-4-18(5-2)14(19)10-17(3)13-7-6-12(15)8-11(13)9-16/h6-8H,4-5,9-10,16H2,1-3H3. The molecule has 0 saturated heterocycles. The van der Waals surface area contributed by atoms with Crippen molar-refractivity contribution in [1.82, 2.24) is 4.90 Å². The highest BCUT2D eigenvalue weighted by atomic mass is 19.1. The quantitative estimate of drug-likeness (QED) is 0.851. The van der Waals surface area contributed by atoms with E-state index in [9.17, 15) is 9.18 Å². The van der Waals surface area contributed by atoms with Gasteiger partial charge in [-0.05, 0) is 37.6 Å². The van der Waals surface area contributed by atoms with Crippen LogP contribution in [0.25, 0.3) is 0 Å². The summed E-state index contributed by atoms with van der Waals surface area (Å²) in [5.74, 6) is -0.257. The predicted octanol–water partition coefficient (Wildman–Crippen LogP) is 1.59. The Morgan fingerprint density at radius 1 is 1.32 bits per heavy atom. The lowest BCUT2D eigenvalue weighted by atomic mass is 10.1. The number of hydrogen-bond donors (Lipinski definition) is 1. The molecule has 0 fully saturated rings. The van der Waals surface area contributed by atoms with Crippen LogP contribution in [0.1, 0.15) is 19.4 Å². The Kier molecular flexibility index (Phi) is 5.76. The van der Waals surface area contributed by atoms with Crippen molar-refractivity contribution in [2.24, 2.45) is 5.73 Å². The van der Waals surface area contributed by atoms with Crippen molar-refractivity contribution in [3.8, 4) is 0 Å². The number of anilines is 1. The van der Waals surface area contributed by atoms with Crippen molar-refractivity contribution in [3.63, 3.8) is 0 Å². The summed E-state index contributed by atoms with van der Waals surface area (Å²) in [6, 6.07) is 4.45. The Bertz CT molecular complexity index is 433. The van der Waals surface area contributed by atoms with Gasteiger partial charge in [-0.3, -0.25) is 4.79 Å². The zero-order chi connectivity index (χ0) is 14.4. The average Bonchev–Trinajstić information content (AvgIpc) is 2.39. The van der Waals surface area contributed by atoms with Gasteiger partial charge in [0.2, 0.25) is 5.91 Å². The second-order valence-electron chi connectivity index (χ2n) is 4.40. The second-order valence-corrected chi connectivity index (χ2v) is 4.40. The largest absolute Gasteiger partial charge is 0.365 e. The van der Waals surface area contributed by atoms with E-state index < -0.39 is 0 Å². The number of benzene rings is 1. The third-order valence-electron chi connectivity index (χ3n) is 3.16. The van der Waals surface area contributed by atoms with Gasteiger partial charge in [-0.15, -0.1) is 0 Å². The molecule has 0 aliphatic heterocycles. The van der Waals surface area contributed by atoms with Crippen molar-refractivity contribution >= 4 is 11.6 Å². The van der Waals surface area contributed by atoms with Crippen LogP contribution in [0.5, 0.6) is 0 Å². The summed E-state index contributed by atoms with van der Waals surface area (Å²) in [6.07, 6.45) is 0. The maximum atomic E-state index is 13.1. The van der Waals surface area contributed by atoms with Gasteiger partial charge in [0.05, 0.1) is 6.54 Å². The van der Waals surface area contributed by atoms with Crippen LogP contribution in [0.3, 0.4) is 0 Å². The van der Waals surface area contributed by atoms with E-state index in [0.29, 0.717) is 18.7 Å². The van der Waals surface area contributed by atoms with E-state index in [1.54, 1.807) is 11.0 Å². The Balaban J connectivity index is 2.83. The molecule has 0 spiro atoms. The van der Waals surface area contributed by atoms with E-state index in [1.165, 1.54) is 12.1 Å². The summed E-state index contributed by atoms with van der Waals surface area (Å²) >= 11 is 0. The van der Waals surface area contributed by atoms with E-state index in [0.717, 1.165) is 5.69 Å². The van der Waals surface area contributed by atoms with E-state index in [-0.39, 0.29) is 24.8 Å². The minimum absolute atomic E-state index is 0.0554. The van der Waals surface area contributed by atoms with Gasteiger partial charge < -0.3 is 15.5 Å². The first kappa shape index (κ1) is 15.4. The highest BCUT2D eigenvalue weighted by molar-refractivity contribution is 5.81. The average molecular weight is 267 g/mol. The van der Waals surface area contributed by atoms with Gasteiger partial charge >= 0.3 is 0 Å². The number of carbonyl (C=O) groups is 1. The molecule has 0 aliphatic rings. The van der Waals surface area contributed by atoms with Gasteiger partial charge in [0.15, 0.2) is 0 Å². The summed E-state index contributed by atoms with van der Waals surface area (Å²) in [6.45, 7) is 5.79. The lowest BCUT2D eigenvalue weighted by Crippen LogP contribution is -2.39. The van der Waals surface area contributed by atoms with E-state index in [4.69, 9.17) is 5.73 Å². The molecule has 0 bridgehead atoms. The second kappa shape index (κ2) is 7.09. The van der Waals surface area contributed by atoms with Crippen molar-refractivity contribution in [2.75, 3.05) is 31.6 Å². The number of carbonyl (C=O) groups excluding carboxylic acids is 1. The summed E-state index contributed by atoms with van der Waals surface area (Å²) in [5, 5.41) is 0. The lowest BCUT2D eigenvalue weighted by Gasteiger charge is -2.25. The minimum Gasteiger partial charge on any atom is -0.365 e. The molecule has 1 rings (SSSR count). The minimum atomic E-state index is -0.312. The van der Waals surface area contributed by atoms with Crippen molar-refractivity contribution in [1.29, 1.82) is 0 Å². The molecular formula is C14H22FN3O. The molecule has 106 valence electrons. The van der Waals surface area contributed by atoms with Crippen molar-refractivity contribution in [2.45, 2.75) is 20.4 Å². The molecule has 0 saturated carbocycles. The van der Waals surface area contributed by atoms with Gasteiger partial charge in [-0.25, -0.2) is 4.39 Å². The van der Waals surface area contributed by atoms with Gasteiger partial charge in [0.1, 0.15) is 5.82 Å². The maximum absolute atomic E-state index is 13.1. The van der Waals surface area contributed by atoms with E-state index >= 15 is 0 Å². The first-order chi connectivity index (χ1) is 9.03. The number of nitrogens with two attached hydrogens (primary N) is 1. The summed E-state index contributed by atoms with van der Waals surface area (Å²) in [5.41, 5.74) is 7.11. The maximum Gasteiger partial charge on any atom is 0.242 e.